The van der Waals surface area contributed by atoms with Crippen molar-refractivity contribution in [2.45, 2.75) is 0 Å². The van der Waals surface area contributed by atoms with Crippen LogP contribution in [0.15, 0.2) is 91.5 Å². The molecule has 0 amide bonds. The molecule has 24 heavy (non-hydrogen) atoms. The van der Waals surface area contributed by atoms with Gasteiger partial charge >= 0.3 is 5.97 Å². The van der Waals surface area contributed by atoms with Crippen molar-refractivity contribution < 1.29 is 9.53 Å². The molecular formula is C21H18O2S. The molecule has 0 aromatic heterocycles. The predicted octanol–water partition coefficient (Wildman–Crippen LogP) is 5.22. The highest BCUT2D eigenvalue weighted by molar-refractivity contribution is 7.59. The van der Waals surface area contributed by atoms with Gasteiger partial charge in [0.1, 0.15) is 5.75 Å². The first-order valence-corrected chi connectivity index (χ1v) is 7.37. The van der Waals surface area contributed by atoms with Gasteiger partial charge in [-0.15, -0.1) is 0 Å². The average Bonchev–Trinajstić information content (AvgIpc) is 2.63. The molecule has 3 heteroatoms. The molecule has 0 aliphatic heterocycles. The van der Waals surface area contributed by atoms with Gasteiger partial charge in [-0.25, -0.2) is 4.79 Å². The normalized spacial score (nSPS) is 9.67. The lowest BCUT2D eigenvalue weighted by Crippen LogP contribution is -2.02. The Labute approximate surface area is 148 Å². The first-order valence-electron chi connectivity index (χ1n) is 7.37. The van der Waals surface area contributed by atoms with Crippen molar-refractivity contribution in [2.24, 2.45) is 0 Å². The minimum absolute atomic E-state index is 0. The van der Waals surface area contributed by atoms with Gasteiger partial charge in [0.2, 0.25) is 0 Å². The van der Waals surface area contributed by atoms with Crippen molar-refractivity contribution in [3.8, 4) is 28.0 Å². The Bertz CT molecular complexity index is 824. The Morgan fingerprint density at radius 1 is 0.750 bits per heavy atom. The molecule has 0 bridgehead atoms. The molecule has 0 aliphatic rings. The van der Waals surface area contributed by atoms with Gasteiger partial charge in [-0.3, -0.25) is 0 Å². The topological polar surface area (TPSA) is 26.3 Å². The van der Waals surface area contributed by atoms with Gasteiger partial charge < -0.3 is 4.74 Å². The second-order valence-electron chi connectivity index (χ2n) is 5.06. The monoisotopic (exact) mass is 334 g/mol. The predicted molar refractivity (Wildman–Crippen MR) is 104 cm³/mol. The number of carbonyl (C=O) groups excluding carboxylic acids is 1. The maximum atomic E-state index is 11.2. The van der Waals surface area contributed by atoms with Crippen molar-refractivity contribution in [1.82, 2.24) is 0 Å². The molecule has 0 aliphatic carbocycles. The summed E-state index contributed by atoms with van der Waals surface area (Å²) in [6.45, 7) is 3.39. The average molecular weight is 334 g/mol. The highest BCUT2D eigenvalue weighted by Gasteiger charge is 2.07. The molecule has 0 N–H and O–H groups in total. The van der Waals surface area contributed by atoms with E-state index in [0.29, 0.717) is 5.75 Å². The van der Waals surface area contributed by atoms with Gasteiger partial charge in [-0.2, -0.15) is 13.5 Å². The summed E-state index contributed by atoms with van der Waals surface area (Å²) in [5.41, 5.74) is 4.55. The lowest BCUT2D eigenvalue weighted by molar-refractivity contribution is -0.128. The summed E-state index contributed by atoms with van der Waals surface area (Å²) in [6, 6.07) is 26.0. The van der Waals surface area contributed by atoms with Crippen molar-refractivity contribution in [3.05, 3.63) is 91.5 Å². The number of rotatable bonds is 4. The molecule has 2 nitrogen and oxygen atoms in total. The lowest BCUT2D eigenvalue weighted by Gasteiger charge is -2.10. The molecule has 0 heterocycles. The summed E-state index contributed by atoms with van der Waals surface area (Å²) >= 11 is 0. The van der Waals surface area contributed by atoms with Gasteiger partial charge in [0.05, 0.1) is 0 Å². The zero-order valence-corrected chi connectivity index (χ0v) is 14.1. The van der Waals surface area contributed by atoms with E-state index in [1.165, 1.54) is 11.1 Å². The standard InChI is InChI=1S/C21H16O2.H2S/c1-2-21(22)23-18-14-12-17(13-15-18)20-11-7-6-10-19(20)16-8-4-3-5-9-16;/h2-15H,1H2;1H2. The van der Waals surface area contributed by atoms with Crippen molar-refractivity contribution in [3.63, 3.8) is 0 Å². The molecule has 0 radical (unpaired) electrons. The number of hydrogen-bond acceptors (Lipinski definition) is 2. The molecule has 0 saturated carbocycles. The van der Waals surface area contributed by atoms with Crippen molar-refractivity contribution in [2.75, 3.05) is 0 Å². The van der Waals surface area contributed by atoms with Crippen LogP contribution in [0.1, 0.15) is 0 Å². The summed E-state index contributed by atoms with van der Waals surface area (Å²) in [4.78, 5) is 11.2. The molecule has 3 aromatic carbocycles. The third-order valence-corrected chi connectivity index (χ3v) is 3.56. The van der Waals surface area contributed by atoms with Crippen LogP contribution in [0.3, 0.4) is 0 Å². The summed E-state index contributed by atoms with van der Waals surface area (Å²) < 4.78 is 5.11. The fourth-order valence-electron chi connectivity index (χ4n) is 2.46. The highest BCUT2D eigenvalue weighted by atomic mass is 32.1. The molecule has 0 unspecified atom stereocenters. The third-order valence-electron chi connectivity index (χ3n) is 3.56. The summed E-state index contributed by atoms with van der Waals surface area (Å²) in [7, 11) is 0. The lowest BCUT2D eigenvalue weighted by atomic mass is 9.95. The van der Waals surface area contributed by atoms with E-state index in [9.17, 15) is 4.79 Å². The van der Waals surface area contributed by atoms with E-state index in [1.807, 2.05) is 42.5 Å². The van der Waals surface area contributed by atoms with Crippen LogP contribution < -0.4 is 4.74 Å². The quantitative estimate of drug-likeness (QED) is 0.371. The molecule has 0 atom stereocenters. The van der Waals surface area contributed by atoms with Crippen LogP contribution in [0, 0.1) is 0 Å². The third kappa shape index (κ3) is 3.94. The second-order valence-corrected chi connectivity index (χ2v) is 5.06. The fraction of sp³-hybridized carbons (Fsp3) is 0. The maximum absolute atomic E-state index is 11.2. The van der Waals surface area contributed by atoms with Crippen molar-refractivity contribution in [1.29, 1.82) is 0 Å². The molecule has 0 saturated heterocycles. The van der Waals surface area contributed by atoms with Gasteiger partial charge in [-0.1, -0.05) is 73.3 Å². The van der Waals surface area contributed by atoms with Crippen LogP contribution in [-0.2, 0) is 4.79 Å². The van der Waals surface area contributed by atoms with Gasteiger partial charge in [-0.05, 0) is 34.4 Å². The van der Waals surface area contributed by atoms with E-state index < -0.39 is 5.97 Å². The Balaban J connectivity index is 0.00000208. The smallest absolute Gasteiger partial charge is 0.335 e. The van der Waals surface area contributed by atoms with Crippen LogP contribution >= 0.6 is 13.5 Å². The zero-order chi connectivity index (χ0) is 16.1. The molecule has 0 spiro atoms. The van der Waals surface area contributed by atoms with E-state index >= 15 is 0 Å². The first-order chi connectivity index (χ1) is 11.3. The number of carbonyl (C=O) groups is 1. The van der Waals surface area contributed by atoms with E-state index in [-0.39, 0.29) is 13.5 Å². The Morgan fingerprint density at radius 2 is 1.25 bits per heavy atom. The van der Waals surface area contributed by atoms with Gasteiger partial charge in [0, 0.05) is 6.08 Å². The first kappa shape index (κ1) is 17.6. The minimum Gasteiger partial charge on any atom is -0.423 e. The molecule has 3 rings (SSSR count). The summed E-state index contributed by atoms with van der Waals surface area (Å²) in [5, 5.41) is 0. The fourth-order valence-corrected chi connectivity index (χ4v) is 2.46. The van der Waals surface area contributed by atoms with Crippen LogP contribution in [0.5, 0.6) is 5.75 Å². The SMILES string of the molecule is C=CC(=O)Oc1ccc(-c2ccccc2-c2ccccc2)cc1.S. The van der Waals surface area contributed by atoms with E-state index in [2.05, 4.69) is 30.8 Å². The number of ether oxygens (including phenoxy) is 1. The number of esters is 1. The van der Waals surface area contributed by atoms with E-state index in [4.69, 9.17) is 4.74 Å². The van der Waals surface area contributed by atoms with Crippen LogP contribution in [0.25, 0.3) is 22.3 Å². The minimum atomic E-state index is -0.456. The van der Waals surface area contributed by atoms with Gasteiger partial charge in [0.15, 0.2) is 0 Å². The largest absolute Gasteiger partial charge is 0.423 e. The highest BCUT2D eigenvalue weighted by Crippen LogP contribution is 2.32. The summed E-state index contributed by atoms with van der Waals surface area (Å²) in [6.07, 6.45) is 1.15. The Hall–Kier alpha value is -2.78. The van der Waals surface area contributed by atoms with Crippen LogP contribution in [0.2, 0.25) is 0 Å². The van der Waals surface area contributed by atoms with E-state index in [0.717, 1.165) is 17.2 Å². The summed E-state index contributed by atoms with van der Waals surface area (Å²) in [5.74, 6) is 0.0540. The van der Waals surface area contributed by atoms with Crippen LogP contribution in [0.4, 0.5) is 0 Å². The van der Waals surface area contributed by atoms with E-state index in [1.54, 1.807) is 12.1 Å². The Morgan fingerprint density at radius 3 is 1.79 bits per heavy atom. The number of benzene rings is 3. The second kappa shape index (κ2) is 8.18. The van der Waals surface area contributed by atoms with Crippen molar-refractivity contribution >= 4 is 19.5 Å². The molecular weight excluding hydrogens is 316 g/mol. The number of hydrogen-bond donors (Lipinski definition) is 0. The molecule has 0 fully saturated rings. The van der Waals surface area contributed by atoms with Crippen LogP contribution in [-0.4, -0.2) is 5.97 Å². The Kier molecular flexibility index (Phi) is 5.99. The maximum Gasteiger partial charge on any atom is 0.335 e. The zero-order valence-electron chi connectivity index (χ0n) is 13.1. The molecule has 120 valence electrons. The molecule has 3 aromatic rings. The van der Waals surface area contributed by atoms with Gasteiger partial charge in [0.25, 0.3) is 0 Å².